The summed E-state index contributed by atoms with van der Waals surface area (Å²) in [4.78, 5) is 30.0. The summed E-state index contributed by atoms with van der Waals surface area (Å²) in [5, 5.41) is 22.0. The van der Waals surface area contributed by atoms with Gasteiger partial charge in [0.25, 0.3) is 11.7 Å². The van der Waals surface area contributed by atoms with Crippen molar-refractivity contribution in [2.75, 3.05) is 41.4 Å². The molecule has 3 rings (SSSR count). The first-order chi connectivity index (χ1) is 16.9. The van der Waals surface area contributed by atoms with E-state index in [2.05, 4.69) is 0 Å². The molecule has 1 heterocycles. The van der Waals surface area contributed by atoms with Gasteiger partial charge in [-0.3, -0.25) is 9.59 Å². The Morgan fingerprint density at radius 3 is 2.22 bits per heavy atom. The van der Waals surface area contributed by atoms with Crippen LogP contribution < -0.4 is 9.47 Å². The van der Waals surface area contributed by atoms with Crippen molar-refractivity contribution in [3.63, 3.8) is 0 Å². The minimum Gasteiger partial charge on any atom is -0.507 e. The van der Waals surface area contributed by atoms with Crippen molar-refractivity contribution < 1.29 is 29.3 Å². The smallest absolute Gasteiger partial charge is 0.295 e. The van der Waals surface area contributed by atoms with E-state index in [1.807, 2.05) is 45.8 Å². The van der Waals surface area contributed by atoms with E-state index < -0.39 is 17.7 Å². The van der Waals surface area contributed by atoms with Gasteiger partial charge < -0.3 is 29.5 Å². The largest absolute Gasteiger partial charge is 0.507 e. The molecule has 8 heteroatoms. The number of hydrogen-bond acceptors (Lipinski definition) is 7. The fourth-order valence-corrected chi connectivity index (χ4v) is 4.40. The topological polar surface area (TPSA) is 99.5 Å². The predicted octanol–water partition coefficient (Wildman–Crippen LogP) is 4.08. The summed E-state index contributed by atoms with van der Waals surface area (Å²) in [5.74, 6) is -1.26. The Hall–Kier alpha value is -3.52. The number of Topliss-reactive ketones (excluding diaryl/α,β-unsaturated/α-hetero) is 1. The molecule has 0 radical (unpaired) electrons. The highest BCUT2D eigenvalue weighted by atomic mass is 16.5. The zero-order valence-corrected chi connectivity index (χ0v) is 22.1. The first kappa shape index (κ1) is 27.1. The van der Waals surface area contributed by atoms with E-state index in [1.165, 1.54) is 25.2 Å². The highest BCUT2D eigenvalue weighted by Crippen LogP contribution is 2.43. The lowest BCUT2D eigenvalue weighted by molar-refractivity contribution is -0.139. The molecular formula is C28H36N2O6. The standard InChI is InChI=1S/C28H36N2O6/c1-28(2,3)18-10-12-21(35-6)19(16-18)25(32)23-24(17-9-11-22(36-7)20(31)15-17)30(27(34)26(23)33)14-8-13-29(4)5/h9-12,15-16,24,31-32H,8,13-14H2,1-7H3/b25-23+. The van der Waals surface area contributed by atoms with E-state index in [-0.39, 0.29) is 28.2 Å². The average molecular weight is 497 g/mol. The van der Waals surface area contributed by atoms with Crippen LogP contribution in [0.25, 0.3) is 5.76 Å². The number of rotatable bonds is 8. The lowest BCUT2D eigenvalue weighted by atomic mass is 9.85. The molecule has 0 aliphatic carbocycles. The second-order valence-electron chi connectivity index (χ2n) is 10.2. The van der Waals surface area contributed by atoms with Crippen LogP contribution in [0.1, 0.15) is 49.9 Å². The number of carbonyl (C=O) groups excluding carboxylic acids is 2. The lowest BCUT2D eigenvalue weighted by Gasteiger charge is -2.26. The van der Waals surface area contributed by atoms with Crippen LogP contribution in [0, 0.1) is 0 Å². The van der Waals surface area contributed by atoms with Gasteiger partial charge in [0.2, 0.25) is 0 Å². The van der Waals surface area contributed by atoms with Gasteiger partial charge >= 0.3 is 0 Å². The maximum atomic E-state index is 13.4. The van der Waals surface area contributed by atoms with Gasteiger partial charge in [0.15, 0.2) is 11.5 Å². The number of amides is 1. The van der Waals surface area contributed by atoms with Gasteiger partial charge in [-0.2, -0.15) is 0 Å². The minimum atomic E-state index is -0.882. The SMILES string of the molecule is COc1ccc(C2/C(=C(\O)c3cc(C(C)(C)C)ccc3OC)C(=O)C(=O)N2CCCN(C)C)cc1O. The second kappa shape index (κ2) is 10.6. The molecule has 2 N–H and O–H groups in total. The van der Waals surface area contributed by atoms with Gasteiger partial charge in [-0.15, -0.1) is 0 Å². The molecule has 1 atom stereocenters. The summed E-state index contributed by atoms with van der Waals surface area (Å²) in [7, 11) is 6.79. The van der Waals surface area contributed by atoms with Gasteiger partial charge in [0.1, 0.15) is 11.5 Å². The number of ketones is 1. The maximum absolute atomic E-state index is 13.4. The van der Waals surface area contributed by atoms with Crippen LogP contribution in [0.4, 0.5) is 0 Å². The van der Waals surface area contributed by atoms with Gasteiger partial charge in [0.05, 0.1) is 31.4 Å². The molecular weight excluding hydrogens is 460 g/mol. The second-order valence-corrected chi connectivity index (χ2v) is 10.2. The molecule has 1 aliphatic heterocycles. The van der Waals surface area contributed by atoms with Crippen molar-refractivity contribution in [3.8, 4) is 17.2 Å². The number of aliphatic hydroxyl groups is 1. The summed E-state index contributed by atoms with van der Waals surface area (Å²) in [6.45, 7) is 7.15. The van der Waals surface area contributed by atoms with Gasteiger partial charge in [-0.25, -0.2) is 0 Å². The third-order valence-corrected chi connectivity index (χ3v) is 6.38. The van der Waals surface area contributed by atoms with Crippen LogP contribution in [0.3, 0.4) is 0 Å². The highest BCUT2D eigenvalue weighted by molar-refractivity contribution is 6.46. The molecule has 1 aliphatic rings. The maximum Gasteiger partial charge on any atom is 0.295 e. The number of ether oxygens (including phenoxy) is 2. The average Bonchev–Trinajstić information content (AvgIpc) is 3.07. The molecule has 0 saturated carbocycles. The summed E-state index contributed by atoms with van der Waals surface area (Å²) < 4.78 is 10.7. The third kappa shape index (κ3) is 5.33. The quantitative estimate of drug-likeness (QED) is 0.323. The van der Waals surface area contributed by atoms with Gasteiger partial charge in [-0.1, -0.05) is 32.9 Å². The molecule has 0 aromatic heterocycles. The number of phenols is 1. The summed E-state index contributed by atoms with van der Waals surface area (Å²) in [6.07, 6.45) is 0.627. The molecule has 1 unspecified atom stereocenters. The van der Waals surface area contributed by atoms with Crippen LogP contribution >= 0.6 is 0 Å². The number of aliphatic hydroxyl groups excluding tert-OH is 1. The van der Waals surface area contributed by atoms with Crippen molar-refractivity contribution in [2.24, 2.45) is 0 Å². The van der Waals surface area contributed by atoms with Crippen molar-refractivity contribution >= 4 is 17.4 Å². The van der Waals surface area contributed by atoms with E-state index in [4.69, 9.17) is 9.47 Å². The Balaban J connectivity index is 2.23. The van der Waals surface area contributed by atoms with Crippen molar-refractivity contribution in [1.82, 2.24) is 9.80 Å². The minimum absolute atomic E-state index is 0.0428. The summed E-state index contributed by atoms with van der Waals surface area (Å²) >= 11 is 0. The molecule has 2 aromatic carbocycles. The molecule has 0 spiro atoms. The van der Waals surface area contributed by atoms with Gasteiger partial charge in [0, 0.05) is 6.54 Å². The van der Waals surface area contributed by atoms with Crippen molar-refractivity contribution in [2.45, 2.75) is 38.6 Å². The number of carbonyl (C=O) groups is 2. The van der Waals surface area contributed by atoms with E-state index in [0.29, 0.717) is 36.4 Å². The zero-order valence-electron chi connectivity index (χ0n) is 22.1. The Labute approximate surface area is 212 Å². The van der Waals surface area contributed by atoms with E-state index >= 15 is 0 Å². The van der Waals surface area contributed by atoms with E-state index in [9.17, 15) is 19.8 Å². The number of benzene rings is 2. The Bertz CT molecular complexity index is 1180. The number of phenolic OH excluding ortho intramolecular Hbond substituents is 1. The van der Waals surface area contributed by atoms with Crippen LogP contribution in [0.15, 0.2) is 42.0 Å². The van der Waals surface area contributed by atoms with E-state index in [0.717, 1.165) is 5.56 Å². The number of nitrogens with zero attached hydrogens (tertiary/aromatic N) is 2. The Morgan fingerprint density at radius 2 is 1.67 bits per heavy atom. The summed E-state index contributed by atoms with van der Waals surface area (Å²) in [5.41, 5.74) is 1.49. The van der Waals surface area contributed by atoms with Crippen molar-refractivity contribution in [1.29, 1.82) is 0 Å². The molecule has 2 aromatic rings. The molecule has 0 bridgehead atoms. The molecule has 1 saturated heterocycles. The summed E-state index contributed by atoms with van der Waals surface area (Å²) in [6, 6.07) is 9.29. The first-order valence-corrected chi connectivity index (χ1v) is 11.9. The zero-order chi connectivity index (χ0) is 26.8. The van der Waals surface area contributed by atoms with Crippen LogP contribution in [-0.2, 0) is 15.0 Å². The third-order valence-electron chi connectivity index (χ3n) is 6.38. The normalized spacial score (nSPS) is 17.7. The van der Waals surface area contributed by atoms with E-state index in [1.54, 1.807) is 24.3 Å². The highest BCUT2D eigenvalue weighted by Gasteiger charge is 2.46. The Kier molecular flexibility index (Phi) is 7.99. The van der Waals surface area contributed by atoms with Crippen LogP contribution in [0.2, 0.25) is 0 Å². The Morgan fingerprint density at radius 1 is 1.03 bits per heavy atom. The predicted molar refractivity (Wildman–Crippen MR) is 139 cm³/mol. The first-order valence-electron chi connectivity index (χ1n) is 11.9. The number of aromatic hydroxyl groups is 1. The number of methoxy groups -OCH3 is 2. The number of hydrogen-bond donors (Lipinski definition) is 2. The number of likely N-dealkylation sites (tertiary alicyclic amines) is 1. The van der Waals surface area contributed by atoms with Crippen LogP contribution in [-0.4, -0.2) is 73.1 Å². The molecule has 8 nitrogen and oxygen atoms in total. The van der Waals surface area contributed by atoms with Crippen molar-refractivity contribution in [3.05, 3.63) is 58.7 Å². The fourth-order valence-electron chi connectivity index (χ4n) is 4.40. The van der Waals surface area contributed by atoms with Gasteiger partial charge in [-0.05, 0) is 67.9 Å². The molecule has 1 fully saturated rings. The molecule has 1 amide bonds. The lowest BCUT2D eigenvalue weighted by Crippen LogP contribution is -2.32. The van der Waals surface area contributed by atoms with Crippen LogP contribution in [0.5, 0.6) is 17.2 Å². The molecule has 36 heavy (non-hydrogen) atoms. The fraction of sp³-hybridized carbons (Fsp3) is 0.429. The molecule has 194 valence electrons. The monoisotopic (exact) mass is 496 g/mol.